The fourth-order valence-corrected chi connectivity index (χ4v) is 1.65. The largest absolute Gasteiger partial charge is 0.497 e. The van der Waals surface area contributed by atoms with Crippen molar-refractivity contribution in [2.75, 3.05) is 12.8 Å². The molecule has 0 aliphatic carbocycles. The molecular weight excluding hydrogens is 248 g/mol. The first-order valence-electron chi connectivity index (χ1n) is 5.94. The van der Waals surface area contributed by atoms with Crippen molar-refractivity contribution < 1.29 is 19.4 Å². The molecule has 0 bridgehead atoms. The van der Waals surface area contributed by atoms with Crippen molar-refractivity contribution in [3.63, 3.8) is 0 Å². The molecule has 0 aliphatic heterocycles. The number of hydrogen-bond acceptors (Lipinski definition) is 4. The molecule has 0 spiro atoms. The maximum Gasteiger partial charge on any atom is 0.305 e. The lowest BCUT2D eigenvalue weighted by Crippen LogP contribution is -2.36. The highest BCUT2D eigenvalue weighted by Gasteiger charge is 2.17. The Labute approximate surface area is 111 Å². The molecule has 1 amide bonds. The first-order valence-corrected chi connectivity index (χ1v) is 5.94. The molecule has 1 rings (SSSR count). The Bertz CT molecular complexity index is 474. The summed E-state index contributed by atoms with van der Waals surface area (Å²) in [7, 11) is 1.51. The second-order valence-corrected chi connectivity index (χ2v) is 4.13. The molecule has 1 aromatic rings. The number of nitrogens with two attached hydrogens (primary N) is 1. The van der Waals surface area contributed by atoms with Crippen molar-refractivity contribution in [1.82, 2.24) is 5.32 Å². The smallest absolute Gasteiger partial charge is 0.305 e. The van der Waals surface area contributed by atoms with Crippen molar-refractivity contribution in [2.24, 2.45) is 0 Å². The van der Waals surface area contributed by atoms with Gasteiger partial charge in [-0.25, -0.2) is 0 Å². The number of nitrogens with one attached hydrogen (secondary N) is 1. The highest BCUT2D eigenvalue weighted by atomic mass is 16.5. The number of nitrogen functional groups attached to an aromatic ring is 1. The molecule has 6 heteroatoms. The summed E-state index contributed by atoms with van der Waals surface area (Å²) in [6, 6.07) is 4.32. The number of benzene rings is 1. The molecule has 0 heterocycles. The van der Waals surface area contributed by atoms with E-state index in [0.29, 0.717) is 23.4 Å². The number of ether oxygens (including phenoxy) is 1. The third kappa shape index (κ3) is 4.17. The van der Waals surface area contributed by atoms with Gasteiger partial charge in [0.1, 0.15) is 5.75 Å². The topological polar surface area (TPSA) is 102 Å². The second-order valence-electron chi connectivity index (χ2n) is 4.13. The average Bonchev–Trinajstić information content (AvgIpc) is 2.36. The Morgan fingerprint density at radius 3 is 2.63 bits per heavy atom. The van der Waals surface area contributed by atoms with E-state index in [1.165, 1.54) is 7.11 Å². The summed E-state index contributed by atoms with van der Waals surface area (Å²) < 4.78 is 5.00. The Morgan fingerprint density at radius 1 is 1.47 bits per heavy atom. The summed E-state index contributed by atoms with van der Waals surface area (Å²) in [6.07, 6.45) is 0.423. The number of anilines is 1. The van der Waals surface area contributed by atoms with Gasteiger partial charge in [0.2, 0.25) is 0 Å². The zero-order valence-corrected chi connectivity index (χ0v) is 11.0. The van der Waals surface area contributed by atoms with Crippen molar-refractivity contribution in [2.45, 2.75) is 25.8 Å². The first-order chi connectivity index (χ1) is 8.97. The third-order valence-corrected chi connectivity index (χ3v) is 2.75. The predicted molar refractivity (Wildman–Crippen MR) is 71.2 cm³/mol. The minimum absolute atomic E-state index is 0.113. The van der Waals surface area contributed by atoms with Gasteiger partial charge >= 0.3 is 5.97 Å². The van der Waals surface area contributed by atoms with Gasteiger partial charge in [0, 0.05) is 17.8 Å². The van der Waals surface area contributed by atoms with Gasteiger partial charge in [-0.2, -0.15) is 0 Å². The zero-order chi connectivity index (χ0) is 14.4. The van der Waals surface area contributed by atoms with Crippen LogP contribution in [0.1, 0.15) is 30.1 Å². The number of rotatable bonds is 6. The lowest BCUT2D eigenvalue weighted by molar-refractivity contribution is -0.137. The van der Waals surface area contributed by atoms with Gasteiger partial charge < -0.3 is 20.9 Å². The number of carbonyl (C=O) groups is 2. The normalized spacial score (nSPS) is 11.7. The quantitative estimate of drug-likeness (QED) is 0.673. The standard InChI is InChI=1S/C13H18N2O4/c1-3-8(6-12(16)17)15-13(18)10-5-4-9(19-2)7-11(10)14/h4-5,7-8H,3,6,14H2,1-2H3,(H,15,18)(H,16,17). The van der Waals surface area contributed by atoms with E-state index in [1.807, 2.05) is 6.92 Å². The van der Waals surface area contributed by atoms with E-state index in [1.54, 1.807) is 18.2 Å². The number of methoxy groups -OCH3 is 1. The van der Waals surface area contributed by atoms with E-state index in [4.69, 9.17) is 15.6 Å². The fraction of sp³-hybridized carbons (Fsp3) is 0.385. The maximum absolute atomic E-state index is 12.0. The molecule has 0 aliphatic rings. The summed E-state index contributed by atoms with van der Waals surface area (Å²) in [6.45, 7) is 1.81. The zero-order valence-electron chi connectivity index (χ0n) is 11.0. The van der Waals surface area contributed by atoms with Gasteiger partial charge in [0.25, 0.3) is 5.91 Å². The Balaban J connectivity index is 2.79. The minimum atomic E-state index is -0.949. The molecule has 1 atom stereocenters. The van der Waals surface area contributed by atoms with Gasteiger partial charge in [0.05, 0.1) is 19.1 Å². The highest BCUT2D eigenvalue weighted by Crippen LogP contribution is 2.19. The molecule has 0 fully saturated rings. The van der Waals surface area contributed by atoms with Crippen molar-refractivity contribution in [3.05, 3.63) is 23.8 Å². The number of amides is 1. The van der Waals surface area contributed by atoms with Crippen LogP contribution in [0.2, 0.25) is 0 Å². The monoisotopic (exact) mass is 266 g/mol. The van der Waals surface area contributed by atoms with E-state index in [2.05, 4.69) is 5.32 Å². The van der Waals surface area contributed by atoms with Gasteiger partial charge in [-0.1, -0.05) is 6.92 Å². The number of aliphatic carboxylic acids is 1. The van der Waals surface area contributed by atoms with Crippen LogP contribution in [0.3, 0.4) is 0 Å². The SMILES string of the molecule is CCC(CC(=O)O)NC(=O)c1ccc(OC)cc1N. The molecule has 0 aromatic heterocycles. The van der Waals surface area contributed by atoms with E-state index >= 15 is 0 Å². The first kappa shape index (κ1) is 14.8. The molecule has 4 N–H and O–H groups in total. The van der Waals surface area contributed by atoms with Crippen molar-refractivity contribution in [1.29, 1.82) is 0 Å². The van der Waals surface area contributed by atoms with Crippen LogP contribution in [0.5, 0.6) is 5.75 Å². The molecular formula is C13H18N2O4. The van der Waals surface area contributed by atoms with Gasteiger partial charge in [-0.05, 0) is 18.6 Å². The minimum Gasteiger partial charge on any atom is -0.497 e. The lowest BCUT2D eigenvalue weighted by atomic mass is 10.1. The molecule has 6 nitrogen and oxygen atoms in total. The predicted octanol–water partition coefficient (Wildman–Crippen LogP) is 1.26. The van der Waals surface area contributed by atoms with E-state index < -0.39 is 12.0 Å². The summed E-state index contributed by atoms with van der Waals surface area (Å²) in [5.74, 6) is -0.769. The van der Waals surface area contributed by atoms with Crippen LogP contribution in [0.25, 0.3) is 0 Å². The molecule has 0 radical (unpaired) electrons. The third-order valence-electron chi connectivity index (χ3n) is 2.75. The number of carboxylic acid groups (broad SMARTS) is 1. The Hall–Kier alpha value is -2.24. The summed E-state index contributed by atoms with van der Waals surface area (Å²) in [4.78, 5) is 22.6. The van der Waals surface area contributed by atoms with E-state index in [9.17, 15) is 9.59 Å². The van der Waals surface area contributed by atoms with Crippen LogP contribution in [0, 0.1) is 0 Å². The van der Waals surface area contributed by atoms with Crippen LogP contribution in [0.15, 0.2) is 18.2 Å². The molecule has 0 saturated heterocycles. The highest BCUT2D eigenvalue weighted by molar-refractivity contribution is 5.99. The van der Waals surface area contributed by atoms with Crippen LogP contribution < -0.4 is 15.8 Å². The van der Waals surface area contributed by atoms with E-state index in [0.717, 1.165) is 0 Å². The Morgan fingerprint density at radius 2 is 2.16 bits per heavy atom. The van der Waals surface area contributed by atoms with Gasteiger partial charge in [-0.15, -0.1) is 0 Å². The number of carbonyl (C=O) groups excluding carboxylic acids is 1. The van der Waals surface area contributed by atoms with Crippen molar-refractivity contribution in [3.8, 4) is 5.75 Å². The fourth-order valence-electron chi connectivity index (χ4n) is 1.65. The van der Waals surface area contributed by atoms with Gasteiger partial charge in [-0.3, -0.25) is 9.59 Å². The summed E-state index contributed by atoms with van der Waals surface area (Å²) in [5.41, 5.74) is 6.36. The maximum atomic E-state index is 12.0. The van der Waals surface area contributed by atoms with Crippen LogP contribution in [0.4, 0.5) is 5.69 Å². The van der Waals surface area contributed by atoms with Crippen LogP contribution >= 0.6 is 0 Å². The number of carboxylic acids is 1. The second kappa shape index (κ2) is 6.63. The molecule has 1 aromatic carbocycles. The molecule has 0 saturated carbocycles. The molecule has 1 unspecified atom stereocenters. The number of hydrogen-bond donors (Lipinski definition) is 3. The average molecular weight is 266 g/mol. The summed E-state index contributed by atoms with van der Waals surface area (Å²) in [5, 5.41) is 11.4. The summed E-state index contributed by atoms with van der Waals surface area (Å²) >= 11 is 0. The molecule has 19 heavy (non-hydrogen) atoms. The van der Waals surface area contributed by atoms with E-state index in [-0.39, 0.29) is 12.3 Å². The van der Waals surface area contributed by atoms with Crippen LogP contribution in [-0.2, 0) is 4.79 Å². The van der Waals surface area contributed by atoms with Gasteiger partial charge in [0.15, 0.2) is 0 Å². The lowest BCUT2D eigenvalue weighted by Gasteiger charge is -2.15. The van der Waals surface area contributed by atoms with Crippen molar-refractivity contribution >= 4 is 17.6 Å². The molecule has 104 valence electrons. The Kier molecular flexibility index (Phi) is 5.17. The van der Waals surface area contributed by atoms with Crippen LogP contribution in [-0.4, -0.2) is 30.1 Å².